The SMILES string of the molecule is Cc1nc(CN(C)C2CN(c3ccc4nnc(C5CCC5)n4n3)C2)co1. The van der Waals surface area contributed by atoms with E-state index in [9.17, 15) is 0 Å². The fraction of sp³-hybridized carbons (Fsp3) is 0.556. The van der Waals surface area contributed by atoms with Gasteiger partial charge in [-0.05, 0) is 32.0 Å². The molecule has 0 amide bonds. The minimum Gasteiger partial charge on any atom is -0.449 e. The van der Waals surface area contributed by atoms with Gasteiger partial charge in [0, 0.05) is 38.5 Å². The Bertz CT molecular complexity index is 923. The molecule has 1 saturated heterocycles. The van der Waals surface area contributed by atoms with Gasteiger partial charge in [0.05, 0.1) is 5.69 Å². The molecule has 0 aromatic carbocycles. The molecule has 0 N–H and O–H groups in total. The number of nitrogens with zero attached hydrogens (tertiary/aromatic N) is 7. The molecule has 0 atom stereocenters. The molecule has 2 aliphatic rings. The standard InChI is InChI=1S/C18H23N7O/c1-12-19-14(11-26-12)8-23(2)15-9-24(10-15)17-7-6-16-20-21-18(25(16)22-17)13-4-3-5-13/h6-7,11,13,15H,3-5,8-10H2,1-2H3. The van der Waals surface area contributed by atoms with Crippen molar-refractivity contribution in [1.29, 1.82) is 0 Å². The van der Waals surface area contributed by atoms with Gasteiger partial charge in [0.1, 0.15) is 12.1 Å². The maximum absolute atomic E-state index is 5.29. The maximum atomic E-state index is 5.29. The van der Waals surface area contributed by atoms with Crippen LogP contribution < -0.4 is 4.90 Å². The molecule has 4 heterocycles. The van der Waals surface area contributed by atoms with Crippen molar-refractivity contribution in [2.45, 2.75) is 44.7 Å². The molecule has 1 aliphatic heterocycles. The van der Waals surface area contributed by atoms with Crippen LogP contribution in [0, 0.1) is 6.92 Å². The van der Waals surface area contributed by atoms with Crippen molar-refractivity contribution in [3.8, 4) is 0 Å². The monoisotopic (exact) mass is 353 g/mol. The Morgan fingerprint density at radius 2 is 2.08 bits per heavy atom. The lowest BCUT2D eigenvalue weighted by atomic mass is 9.85. The van der Waals surface area contributed by atoms with E-state index in [-0.39, 0.29) is 0 Å². The van der Waals surface area contributed by atoms with Gasteiger partial charge in [-0.3, -0.25) is 4.90 Å². The minimum absolute atomic E-state index is 0.497. The van der Waals surface area contributed by atoms with Gasteiger partial charge in [0.2, 0.25) is 0 Å². The first-order valence-electron chi connectivity index (χ1n) is 9.26. The normalized spacial score (nSPS) is 18.5. The molecule has 2 fully saturated rings. The third-order valence-electron chi connectivity index (χ3n) is 5.63. The number of likely N-dealkylation sites (N-methyl/N-ethyl adjacent to an activating group) is 1. The van der Waals surface area contributed by atoms with Crippen molar-refractivity contribution in [3.63, 3.8) is 0 Å². The number of anilines is 1. The molecule has 1 saturated carbocycles. The molecular formula is C18H23N7O. The highest BCUT2D eigenvalue weighted by molar-refractivity contribution is 5.48. The Morgan fingerprint density at radius 1 is 1.23 bits per heavy atom. The van der Waals surface area contributed by atoms with Gasteiger partial charge in [-0.1, -0.05) is 6.42 Å². The Balaban J connectivity index is 1.26. The number of hydrogen-bond donors (Lipinski definition) is 0. The molecule has 3 aromatic heterocycles. The summed E-state index contributed by atoms with van der Waals surface area (Å²) < 4.78 is 7.23. The van der Waals surface area contributed by atoms with Crippen LogP contribution in [-0.4, -0.2) is 55.9 Å². The van der Waals surface area contributed by atoms with Gasteiger partial charge in [-0.2, -0.15) is 4.52 Å². The lowest BCUT2D eigenvalue weighted by Gasteiger charge is -2.44. The molecule has 3 aromatic rings. The van der Waals surface area contributed by atoms with Gasteiger partial charge in [-0.15, -0.1) is 15.3 Å². The second-order valence-electron chi connectivity index (χ2n) is 7.48. The number of aryl methyl sites for hydroxylation is 1. The summed E-state index contributed by atoms with van der Waals surface area (Å²) in [6.07, 6.45) is 5.42. The molecular weight excluding hydrogens is 330 g/mol. The van der Waals surface area contributed by atoms with E-state index in [2.05, 4.69) is 32.0 Å². The fourth-order valence-electron chi connectivity index (χ4n) is 3.67. The van der Waals surface area contributed by atoms with E-state index in [4.69, 9.17) is 9.52 Å². The van der Waals surface area contributed by atoms with Crippen LogP contribution in [0.5, 0.6) is 0 Å². The zero-order valence-electron chi connectivity index (χ0n) is 15.2. The molecule has 0 spiro atoms. The second-order valence-corrected chi connectivity index (χ2v) is 7.48. The van der Waals surface area contributed by atoms with Crippen molar-refractivity contribution in [3.05, 3.63) is 35.8 Å². The molecule has 136 valence electrons. The van der Waals surface area contributed by atoms with E-state index in [1.165, 1.54) is 19.3 Å². The van der Waals surface area contributed by atoms with Crippen molar-refractivity contribution in [1.82, 2.24) is 29.7 Å². The Labute approximate surface area is 151 Å². The summed E-state index contributed by atoms with van der Waals surface area (Å²) in [5, 5.41) is 13.4. The summed E-state index contributed by atoms with van der Waals surface area (Å²) in [5.74, 6) is 3.26. The molecule has 26 heavy (non-hydrogen) atoms. The van der Waals surface area contributed by atoms with Gasteiger partial charge in [0.15, 0.2) is 17.4 Å². The van der Waals surface area contributed by atoms with Crippen LogP contribution in [0.15, 0.2) is 22.8 Å². The van der Waals surface area contributed by atoms with Crippen LogP contribution in [0.3, 0.4) is 0 Å². The van der Waals surface area contributed by atoms with Crippen LogP contribution in [0.4, 0.5) is 5.82 Å². The molecule has 5 rings (SSSR count). The summed E-state index contributed by atoms with van der Waals surface area (Å²) in [6.45, 7) is 4.61. The third-order valence-corrected chi connectivity index (χ3v) is 5.63. The van der Waals surface area contributed by atoms with E-state index in [0.717, 1.165) is 48.5 Å². The van der Waals surface area contributed by atoms with Crippen molar-refractivity contribution < 1.29 is 4.42 Å². The van der Waals surface area contributed by atoms with E-state index < -0.39 is 0 Å². The minimum atomic E-state index is 0.497. The van der Waals surface area contributed by atoms with Crippen LogP contribution in [0.2, 0.25) is 0 Å². The van der Waals surface area contributed by atoms with Gasteiger partial charge < -0.3 is 9.32 Å². The van der Waals surface area contributed by atoms with Crippen molar-refractivity contribution in [2.75, 3.05) is 25.0 Å². The first-order chi connectivity index (χ1) is 12.7. The van der Waals surface area contributed by atoms with Crippen molar-refractivity contribution >= 4 is 11.5 Å². The molecule has 0 bridgehead atoms. The quantitative estimate of drug-likeness (QED) is 0.694. The zero-order chi connectivity index (χ0) is 17.7. The number of aromatic nitrogens is 5. The zero-order valence-corrected chi connectivity index (χ0v) is 15.2. The lowest BCUT2D eigenvalue weighted by Crippen LogP contribution is -2.58. The summed E-state index contributed by atoms with van der Waals surface area (Å²) in [6, 6.07) is 4.56. The predicted octanol–water partition coefficient (Wildman–Crippen LogP) is 2.01. The third kappa shape index (κ3) is 2.65. The average molecular weight is 353 g/mol. The average Bonchev–Trinajstić information content (AvgIpc) is 3.11. The number of fused-ring (bicyclic) bond motifs is 1. The van der Waals surface area contributed by atoms with Crippen LogP contribution in [-0.2, 0) is 6.54 Å². The topological polar surface area (TPSA) is 75.6 Å². The van der Waals surface area contributed by atoms with Gasteiger partial charge in [-0.25, -0.2) is 4.98 Å². The van der Waals surface area contributed by atoms with E-state index in [0.29, 0.717) is 12.0 Å². The Kier molecular flexibility index (Phi) is 3.66. The second kappa shape index (κ2) is 6.05. The first-order valence-corrected chi connectivity index (χ1v) is 9.26. The van der Waals surface area contributed by atoms with E-state index in [1.807, 2.05) is 23.6 Å². The van der Waals surface area contributed by atoms with Crippen LogP contribution in [0.1, 0.15) is 42.6 Å². The maximum Gasteiger partial charge on any atom is 0.191 e. The summed E-state index contributed by atoms with van der Waals surface area (Å²) in [7, 11) is 2.14. The molecule has 0 unspecified atom stereocenters. The van der Waals surface area contributed by atoms with E-state index in [1.54, 1.807) is 6.26 Å². The highest BCUT2D eigenvalue weighted by Crippen LogP contribution is 2.35. The highest BCUT2D eigenvalue weighted by Gasteiger charge is 2.32. The largest absolute Gasteiger partial charge is 0.449 e. The fourth-order valence-corrected chi connectivity index (χ4v) is 3.67. The number of hydrogen-bond acceptors (Lipinski definition) is 7. The lowest BCUT2D eigenvalue weighted by molar-refractivity contribution is 0.194. The Morgan fingerprint density at radius 3 is 2.77 bits per heavy atom. The molecule has 1 aliphatic carbocycles. The molecule has 8 nitrogen and oxygen atoms in total. The molecule has 8 heteroatoms. The Hall–Kier alpha value is -2.48. The van der Waals surface area contributed by atoms with Gasteiger partial charge >= 0.3 is 0 Å². The van der Waals surface area contributed by atoms with Gasteiger partial charge in [0.25, 0.3) is 0 Å². The number of rotatable bonds is 5. The number of oxazole rings is 1. The van der Waals surface area contributed by atoms with Crippen LogP contribution >= 0.6 is 0 Å². The highest BCUT2D eigenvalue weighted by atomic mass is 16.3. The van der Waals surface area contributed by atoms with E-state index >= 15 is 0 Å². The first kappa shape index (κ1) is 15.7. The summed E-state index contributed by atoms with van der Waals surface area (Å²) in [4.78, 5) is 9.01. The summed E-state index contributed by atoms with van der Waals surface area (Å²) in [5.41, 5.74) is 1.82. The van der Waals surface area contributed by atoms with Crippen molar-refractivity contribution in [2.24, 2.45) is 0 Å². The van der Waals surface area contributed by atoms with Crippen LogP contribution in [0.25, 0.3) is 5.65 Å². The summed E-state index contributed by atoms with van der Waals surface area (Å²) >= 11 is 0. The predicted molar refractivity (Wildman–Crippen MR) is 96.1 cm³/mol. The molecule has 0 radical (unpaired) electrons. The smallest absolute Gasteiger partial charge is 0.191 e.